The number of hydrogen-bond donors (Lipinski definition) is 1. The summed E-state index contributed by atoms with van der Waals surface area (Å²) in [5.74, 6) is -0.652. The lowest BCUT2D eigenvalue weighted by Crippen LogP contribution is -2.28. The van der Waals surface area contributed by atoms with Crippen LogP contribution in [0.4, 0.5) is 0 Å². The highest BCUT2D eigenvalue weighted by atomic mass is 79.9. The van der Waals surface area contributed by atoms with E-state index in [-0.39, 0.29) is 25.3 Å². The third-order valence-corrected chi connectivity index (χ3v) is 2.32. The fourth-order valence-electron chi connectivity index (χ4n) is 1.23. The van der Waals surface area contributed by atoms with Crippen LogP contribution in [0.5, 0.6) is 0 Å². The maximum atomic E-state index is 11.8. The molecule has 1 heterocycles. The molecule has 0 aliphatic rings. The molecule has 16 heavy (non-hydrogen) atoms. The second-order valence-electron chi connectivity index (χ2n) is 3.01. The van der Waals surface area contributed by atoms with Gasteiger partial charge in [-0.05, 0) is 28.9 Å². The molecule has 0 fully saturated rings. The Labute approximate surface area is 101 Å². The highest BCUT2D eigenvalue weighted by Crippen LogP contribution is 2.09. The normalized spacial score (nSPS) is 10.2. The van der Waals surface area contributed by atoms with Crippen molar-refractivity contribution in [3.8, 4) is 0 Å². The van der Waals surface area contributed by atoms with Gasteiger partial charge in [-0.15, -0.1) is 0 Å². The van der Waals surface area contributed by atoms with Gasteiger partial charge in [0, 0.05) is 17.2 Å². The molecule has 0 radical (unpaired) electrons. The van der Waals surface area contributed by atoms with E-state index in [1.165, 1.54) is 16.8 Å². The van der Waals surface area contributed by atoms with Crippen LogP contribution in [-0.4, -0.2) is 28.9 Å². The molecule has 0 bridgehead atoms. The van der Waals surface area contributed by atoms with Gasteiger partial charge < -0.3 is 14.4 Å². The van der Waals surface area contributed by atoms with E-state index in [9.17, 15) is 9.59 Å². The van der Waals surface area contributed by atoms with Gasteiger partial charge in [0.15, 0.2) is 0 Å². The van der Waals surface area contributed by atoms with Crippen LogP contribution in [0.25, 0.3) is 0 Å². The molecule has 0 saturated heterocycles. The SMILES string of the molecule is CCOC(=O)c1cc(Br)cn(CCO)c1=O. The highest BCUT2D eigenvalue weighted by molar-refractivity contribution is 9.10. The molecule has 0 aliphatic carbocycles. The maximum absolute atomic E-state index is 11.8. The Morgan fingerprint density at radius 2 is 2.31 bits per heavy atom. The first-order valence-electron chi connectivity index (χ1n) is 4.78. The average Bonchev–Trinajstić information content (AvgIpc) is 2.23. The zero-order valence-electron chi connectivity index (χ0n) is 8.77. The molecule has 5 nitrogen and oxygen atoms in total. The summed E-state index contributed by atoms with van der Waals surface area (Å²) >= 11 is 3.19. The molecule has 1 aromatic rings. The van der Waals surface area contributed by atoms with Crippen molar-refractivity contribution >= 4 is 21.9 Å². The third kappa shape index (κ3) is 2.93. The van der Waals surface area contributed by atoms with Gasteiger partial charge in [-0.1, -0.05) is 0 Å². The van der Waals surface area contributed by atoms with Gasteiger partial charge in [-0.25, -0.2) is 4.79 Å². The molecule has 0 spiro atoms. The summed E-state index contributed by atoms with van der Waals surface area (Å²) < 4.78 is 6.61. The number of carbonyl (C=O) groups is 1. The summed E-state index contributed by atoms with van der Waals surface area (Å²) in [6.07, 6.45) is 1.52. The lowest BCUT2D eigenvalue weighted by atomic mass is 10.3. The van der Waals surface area contributed by atoms with Gasteiger partial charge in [-0.2, -0.15) is 0 Å². The first-order chi connectivity index (χ1) is 7.60. The maximum Gasteiger partial charge on any atom is 0.343 e. The number of aliphatic hydroxyl groups is 1. The first kappa shape index (κ1) is 12.9. The Bertz CT molecular complexity index is 441. The number of aliphatic hydroxyl groups excluding tert-OH is 1. The standard InChI is InChI=1S/C10H12BrNO4/c1-2-16-10(15)8-5-7(11)6-12(3-4-13)9(8)14/h5-6,13H,2-4H2,1H3. The minimum atomic E-state index is -0.652. The van der Waals surface area contributed by atoms with Gasteiger partial charge >= 0.3 is 5.97 Å². The molecule has 0 aliphatic heterocycles. The topological polar surface area (TPSA) is 68.5 Å². The highest BCUT2D eigenvalue weighted by Gasteiger charge is 2.14. The molecule has 88 valence electrons. The van der Waals surface area contributed by atoms with Gasteiger partial charge in [0.05, 0.1) is 13.2 Å². The van der Waals surface area contributed by atoms with E-state index in [2.05, 4.69) is 15.9 Å². The van der Waals surface area contributed by atoms with Gasteiger partial charge in [0.1, 0.15) is 5.56 Å². The number of rotatable bonds is 4. The number of carbonyl (C=O) groups excluding carboxylic acids is 1. The van der Waals surface area contributed by atoms with Crippen LogP contribution < -0.4 is 5.56 Å². The summed E-state index contributed by atoms with van der Waals surface area (Å²) in [6.45, 7) is 1.86. The van der Waals surface area contributed by atoms with Gasteiger partial charge in [0.2, 0.25) is 0 Å². The lowest BCUT2D eigenvalue weighted by molar-refractivity contribution is 0.0523. The van der Waals surface area contributed by atoms with Crippen molar-refractivity contribution in [3.05, 3.63) is 32.7 Å². The first-order valence-corrected chi connectivity index (χ1v) is 5.57. The average molecular weight is 290 g/mol. The Balaban J connectivity index is 3.18. The van der Waals surface area contributed by atoms with Crippen LogP contribution in [-0.2, 0) is 11.3 Å². The van der Waals surface area contributed by atoms with E-state index in [4.69, 9.17) is 9.84 Å². The molecular weight excluding hydrogens is 278 g/mol. The van der Waals surface area contributed by atoms with Crippen LogP contribution in [0.2, 0.25) is 0 Å². The molecule has 0 aromatic carbocycles. The van der Waals surface area contributed by atoms with Crippen molar-refractivity contribution in [1.82, 2.24) is 4.57 Å². The monoisotopic (exact) mass is 289 g/mol. The molecule has 0 amide bonds. The molecular formula is C10H12BrNO4. The van der Waals surface area contributed by atoms with Crippen LogP contribution in [0.15, 0.2) is 21.5 Å². The Hall–Kier alpha value is -1.14. The summed E-state index contributed by atoms with van der Waals surface area (Å²) in [5.41, 5.74) is -0.500. The summed E-state index contributed by atoms with van der Waals surface area (Å²) in [5, 5.41) is 8.78. The molecule has 0 saturated carbocycles. The molecule has 6 heteroatoms. The zero-order valence-corrected chi connectivity index (χ0v) is 10.4. The fraction of sp³-hybridized carbons (Fsp3) is 0.400. The number of hydrogen-bond acceptors (Lipinski definition) is 4. The Kier molecular flexibility index (Phi) is 4.70. The van der Waals surface area contributed by atoms with E-state index >= 15 is 0 Å². The largest absolute Gasteiger partial charge is 0.462 e. The van der Waals surface area contributed by atoms with Crippen molar-refractivity contribution in [2.75, 3.05) is 13.2 Å². The minimum Gasteiger partial charge on any atom is -0.462 e. The van der Waals surface area contributed by atoms with E-state index in [1.54, 1.807) is 6.92 Å². The van der Waals surface area contributed by atoms with Gasteiger partial charge in [-0.3, -0.25) is 4.79 Å². The summed E-state index contributed by atoms with van der Waals surface area (Å²) in [4.78, 5) is 23.2. The van der Waals surface area contributed by atoms with Crippen LogP contribution in [0.1, 0.15) is 17.3 Å². The quantitative estimate of drug-likeness (QED) is 0.832. The van der Waals surface area contributed by atoms with Crippen LogP contribution >= 0.6 is 15.9 Å². The van der Waals surface area contributed by atoms with Gasteiger partial charge in [0.25, 0.3) is 5.56 Å². The predicted octanol–water partition coefficient (Wildman–Crippen LogP) is 0.780. The van der Waals surface area contributed by atoms with Crippen molar-refractivity contribution < 1.29 is 14.6 Å². The third-order valence-electron chi connectivity index (χ3n) is 1.89. The lowest BCUT2D eigenvalue weighted by Gasteiger charge is -2.07. The number of aromatic nitrogens is 1. The number of ether oxygens (including phenoxy) is 1. The van der Waals surface area contributed by atoms with E-state index in [1.807, 2.05) is 0 Å². The fourth-order valence-corrected chi connectivity index (χ4v) is 1.70. The second kappa shape index (κ2) is 5.81. The molecule has 0 unspecified atom stereocenters. The second-order valence-corrected chi connectivity index (χ2v) is 3.93. The molecule has 1 N–H and O–H groups in total. The molecule has 1 rings (SSSR count). The Morgan fingerprint density at radius 3 is 2.88 bits per heavy atom. The van der Waals surface area contributed by atoms with Crippen LogP contribution in [0.3, 0.4) is 0 Å². The molecule has 1 aromatic heterocycles. The Morgan fingerprint density at radius 1 is 1.62 bits per heavy atom. The molecule has 0 atom stereocenters. The van der Waals surface area contributed by atoms with Crippen molar-refractivity contribution in [1.29, 1.82) is 0 Å². The smallest absolute Gasteiger partial charge is 0.343 e. The summed E-state index contributed by atoms with van der Waals surface area (Å²) in [7, 11) is 0. The van der Waals surface area contributed by atoms with Crippen molar-refractivity contribution in [3.63, 3.8) is 0 Å². The zero-order chi connectivity index (χ0) is 12.1. The predicted molar refractivity (Wildman–Crippen MR) is 61.4 cm³/mol. The van der Waals surface area contributed by atoms with E-state index in [0.717, 1.165) is 0 Å². The number of nitrogens with zero attached hydrogens (tertiary/aromatic N) is 1. The summed E-state index contributed by atoms with van der Waals surface area (Å²) in [6, 6.07) is 1.41. The number of pyridine rings is 1. The van der Waals surface area contributed by atoms with E-state index < -0.39 is 11.5 Å². The van der Waals surface area contributed by atoms with Crippen molar-refractivity contribution in [2.45, 2.75) is 13.5 Å². The number of halogens is 1. The number of esters is 1. The van der Waals surface area contributed by atoms with Crippen LogP contribution in [0, 0.1) is 0 Å². The van der Waals surface area contributed by atoms with Crippen molar-refractivity contribution in [2.24, 2.45) is 0 Å². The minimum absolute atomic E-state index is 0.0373. The van der Waals surface area contributed by atoms with E-state index in [0.29, 0.717) is 4.47 Å².